The number of rotatable bonds is 2. The van der Waals surface area contributed by atoms with E-state index in [1.165, 1.54) is 0 Å². The summed E-state index contributed by atoms with van der Waals surface area (Å²) in [5, 5.41) is 12.8. The zero-order valence-corrected chi connectivity index (χ0v) is 14.7. The highest BCUT2D eigenvalue weighted by Gasteiger charge is 2.30. The van der Waals surface area contributed by atoms with E-state index in [-0.39, 0.29) is 5.92 Å². The lowest BCUT2D eigenvalue weighted by molar-refractivity contribution is -0.135. The molecule has 0 bridgehead atoms. The smallest absolute Gasteiger partial charge is 0.227 e. The van der Waals surface area contributed by atoms with Crippen molar-refractivity contribution < 1.29 is 4.79 Å². The van der Waals surface area contributed by atoms with Crippen molar-refractivity contribution in [1.82, 2.24) is 24.7 Å². The van der Waals surface area contributed by atoms with Crippen molar-refractivity contribution >= 4 is 29.1 Å². The molecule has 7 nitrogen and oxygen atoms in total. The Kier molecular flexibility index (Phi) is 4.30. The Morgan fingerprint density at radius 3 is 2.88 bits per heavy atom. The Bertz CT molecular complexity index is 741. The van der Waals surface area contributed by atoms with Crippen molar-refractivity contribution in [1.29, 1.82) is 0 Å². The number of thioether (sulfide) groups is 1. The molecule has 2 aromatic heterocycles. The van der Waals surface area contributed by atoms with E-state index in [1.54, 1.807) is 4.52 Å². The van der Waals surface area contributed by atoms with Crippen LogP contribution in [0.1, 0.15) is 18.7 Å². The minimum absolute atomic E-state index is 0.0846. The SMILES string of the molecule is Cc1nnc2ccc(N3CCCC(C(=O)N4CCSCC4)C3)nn12. The number of hydrogen-bond donors (Lipinski definition) is 0. The molecule has 0 radical (unpaired) electrons. The molecule has 1 amide bonds. The maximum atomic E-state index is 12.8. The molecule has 0 aromatic carbocycles. The summed E-state index contributed by atoms with van der Waals surface area (Å²) in [6.45, 7) is 5.38. The van der Waals surface area contributed by atoms with Gasteiger partial charge in [-0.2, -0.15) is 16.3 Å². The predicted octanol–water partition coefficient (Wildman–Crippen LogP) is 1.22. The molecule has 128 valence electrons. The van der Waals surface area contributed by atoms with E-state index in [9.17, 15) is 4.79 Å². The lowest BCUT2D eigenvalue weighted by atomic mass is 9.96. The molecule has 2 saturated heterocycles. The standard InChI is InChI=1S/C16H22N6OS/c1-12-17-18-14-4-5-15(19-22(12)14)21-6-2-3-13(11-21)16(23)20-7-9-24-10-8-20/h4-5,13H,2-3,6-11H2,1H3. The summed E-state index contributed by atoms with van der Waals surface area (Å²) in [4.78, 5) is 17.1. The van der Waals surface area contributed by atoms with Crippen LogP contribution in [0.4, 0.5) is 5.82 Å². The highest BCUT2D eigenvalue weighted by atomic mass is 32.2. The van der Waals surface area contributed by atoms with E-state index in [0.717, 1.165) is 67.8 Å². The monoisotopic (exact) mass is 346 g/mol. The number of aromatic nitrogens is 4. The van der Waals surface area contributed by atoms with Crippen LogP contribution < -0.4 is 4.90 Å². The van der Waals surface area contributed by atoms with Crippen LogP contribution >= 0.6 is 11.8 Å². The minimum Gasteiger partial charge on any atom is -0.354 e. The summed E-state index contributed by atoms with van der Waals surface area (Å²) in [5.74, 6) is 4.21. The molecule has 2 aromatic rings. The number of hydrogen-bond acceptors (Lipinski definition) is 6. The second-order valence-corrected chi connectivity index (χ2v) is 7.66. The van der Waals surface area contributed by atoms with Crippen LogP contribution in [0.3, 0.4) is 0 Å². The van der Waals surface area contributed by atoms with E-state index >= 15 is 0 Å². The number of aryl methyl sites for hydroxylation is 1. The Balaban J connectivity index is 1.50. The second-order valence-electron chi connectivity index (χ2n) is 6.43. The molecule has 8 heteroatoms. The van der Waals surface area contributed by atoms with Crippen molar-refractivity contribution in [2.24, 2.45) is 5.92 Å². The fourth-order valence-corrected chi connectivity index (χ4v) is 4.39. The van der Waals surface area contributed by atoms with Crippen LogP contribution in [0.25, 0.3) is 5.65 Å². The first-order valence-electron chi connectivity index (χ1n) is 8.53. The van der Waals surface area contributed by atoms with E-state index in [0.29, 0.717) is 5.91 Å². The summed E-state index contributed by atoms with van der Waals surface area (Å²) < 4.78 is 1.77. The predicted molar refractivity (Wildman–Crippen MR) is 94.4 cm³/mol. The molecule has 0 aliphatic carbocycles. The number of carbonyl (C=O) groups excluding carboxylic acids is 1. The number of anilines is 1. The summed E-state index contributed by atoms with van der Waals surface area (Å²) in [5.41, 5.74) is 0.756. The van der Waals surface area contributed by atoms with Gasteiger partial charge in [-0.15, -0.1) is 15.3 Å². The molecular weight excluding hydrogens is 324 g/mol. The zero-order chi connectivity index (χ0) is 16.5. The Morgan fingerprint density at radius 2 is 2.04 bits per heavy atom. The van der Waals surface area contributed by atoms with E-state index in [4.69, 9.17) is 0 Å². The van der Waals surface area contributed by atoms with Gasteiger partial charge in [-0.05, 0) is 31.9 Å². The van der Waals surface area contributed by atoms with Crippen LogP contribution in [-0.2, 0) is 4.79 Å². The molecule has 2 aliphatic rings. The first-order valence-corrected chi connectivity index (χ1v) is 9.68. The van der Waals surface area contributed by atoms with Gasteiger partial charge in [-0.1, -0.05) is 0 Å². The molecule has 1 atom stereocenters. The summed E-state index contributed by atoms with van der Waals surface area (Å²) in [6.07, 6.45) is 2.01. The average molecular weight is 346 g/mol. The Hall–Kier alpha value is -1.83. The van der Waals surface area contributed by atoms with Gasteiger partial charge in [-0.25, -0.2) is 0 Å². The van der Waals surface area contributed by atoms with Gasteiger partial charge in [0, 0.05) is 37.7 Å². The molecule has 1 unspecified atom stereocenters. The van der Waals surface area contributed by atoms with Gasteiger partial charge >= 0.3 is 0 Å². The van der Waals surface area contributed by atoms with Crippen LogP contribution in [0.15, 0.2) is 12.1 Å². The lowest BCUT2D eigenvalue weighted by Gasteiger charge is -2.36. The normalized spacial score (nSPS) is 22.1. The number of amides is 1. The summed E-state index contributed by atoms with van der Waals surface area (Å²) in [6, 6.07) is 3.92. The summed E-state index contributed by atoms with van der Waals surface area (Å²) in [7, 11) is 0. The van der Waals surface area contributed by atoms with Gasteiger partial charge in [0.15, 0.2) is 11.5 Å². The Labute approximate surface area is 145 Å². The van der Waals surface area contributed by atoms with Crippen LogP contribution in [0.2, 0.25) is 0 Å². The van der Waals surface area contributed by atoms with E-state index in [1.807, 2.05) is 35.7 Å². The van der Waals surface area contributed by atoms with Crippen LogP contribution in [0, 0.1) is 12.8 Å². The van der Waals surface area contributed by atoms with Gasteiger partial charge in [0.1, 0.15) is 5.82 Å². The highest BCUT2D eigenvalue weighted by molar-refractivity contribution is 7.99. The second kappa shape index (κ2) is 6.58. The number of nitrogens with zero attached hydrogens (tertiary/aromatic N) is 6. The van der Waals surface area contributed by atoms with Crippen molar-refractivity contribution in [2.75, 3.05) is 42.6 Å². The van der Waals surface area contributed by atoms with Gasteiger partial charge < -0.3 is 9.80 Å². The first-order chi connectivity index (χ1) is 11.7. The third-order valence-corrected chi connectivity index (χ3v) is 5.76. The van der Waals surface area contributed by atoms with E-state index < -0.39 is 0 Å². The topological polar surface area (TPSA) is 66.6 Å². The molecule has 4 heterocycles. The fourth-order valence-electron chi connectivity index (χ4n) is 3.48. The fraction of sp³-hybridized carbons (Fsp3) is 0.625. The summed E-state index contributed by atoms with van der Waals surface area (Å²) >= 11 is 1.93. The maximum absolute atomic E-state index is 12.8. The molecule has 0 spiro atoms. The van der Waals surface area contributed by atoms with Crippen molar-refractivity contribution in [2.45, 2.75) is 19.8 Å². The molecular formula is C16H22N6OS. The maximum Gasteiger partial charge on any atom is 0.227 e. The van der Waals surface area contributed by atoms with Gasteiger partial charge in [-0.3, -0.25) is 4.79 Å². The average Bonchev–Trinajstić information content (AvgIpc) is 3.02. The molecule has 2 aliphatic heterocycles. The molecule has 24 heavy (non-hydrogen) atoms. The quantitative estimate of drug-likeness (QED) is 0.815. The lowest BCUT2D eigenvalue weighted by Crippen LogP contribution is -2.47. The van der Waals surface area contributed by atoms with Crippen molar-refractivity contribution in [3.8, 4) is 0 Å². The van der Waals surface area contributed by atoms with E-state index in [2.05, 4.69) is 20.2 Å². The number of piperidine rings is 1. The van der Waals surface area contributed by atoms with Gasteiger partial charge in [0.25, 0.3) is 0 Å². The highest BCUT2D eigenvalue weighted by Crippen LogP contribution is 2.24. The third kappa shape index (κ3) is 2.94. The minimum atomic E-state index is 0.0846. The van der Waals surface area contributed by atoms with Crippen molar-refractivity contribution in [3.05, 3.63) is 18.0 Å². The number of carbonyl (C=O) groups is 1. The number of fused-ring (bicyclic) bond motifs is 1. The third-order valence-electron chi connectivity index (χ3n) is 4.82. The Morgan fingerprint density at radius 1 is 1.21 bits per heavy atom. The molecule has 0 N–H and O–H groups in total. The van der Waals surface area contributed by atoms with Gasteiger partial charge in [0.05, 0.1) is 5.92 Å². The van der Waals surface area contributed by atoms with Crippen LogP contribution in [0.5, 0.6) is 0 Å². The van der Waals surface area contributed by atoms with Crippen LogP contribution in [-0.4, -0.2) is 68.3 Å². The van der Waals surface area contributed by atoms with Crippen molar-refractivity contribution in [3.63, 3.8) is 0 Å². The largest absolute Gasteiger partial charge is 0.354 e. The first kappa shape index (κ1) is 15.7. The van der Waals surface area contributed by atoms with Gasteiger partial charge in [0.2, 0.25) is 5.91 Å². The molecule has 0 saturated carbocycles. The molecule has 2 fully saturated rings. The molecule has 4 rings (SSSR count). The zero-order valence-electron chi connectivity index (χ0n) is 13.9.